The number of halogens is 1. The summed E-state index contributed by atoms with van der Waals surface area (Å²) in [7, 11) is 1.89. The fourth-order valence-electron chi connectivity index (χ4n) is 2.03. The molecule has 0 aromatic heterocycles. The Bertz CT molecular complexity index is 391. The number of rotatable bonds is 2. The number of nitrogens with zero attached hydrogens (tertiary/aromatic N) is 2. The highest BCUT2D eigenvalue weighted by molar-refractivity contribution is 14.1. The summed E-state index contributed by atoms with van der Waals surface area (Å²) >= 11 is 2.31. The smallest absolute Gasteiger partial charge is 0.236 e. The maximum absolute atomic E-state index is 11.8. The van der Waals surface area contributed by atoms with Gasteiger partial charge < -0.3 is 4.90 Å². The van der Waals surface area contributed by atoms with Crippen molar-refractivity contribution in [3.05, 3.63) is 33.4 Å². The minimum atomic E-state index is 0.230. The zero-order chi connectivity index (χ0) is 12.3. The molecule has 1 aromatic rings. The molecular weight excluding hydrogens is 327 g/mol. The second kappa shape index (κ2) is 5.82. The first-order valence-electron chi connectivity index (χ1n) is 5.86. The molecule has 0 atom stereocenters. The molecule has 0 spiro atoms. The van der Waals surface area contributed by atoms with Crippen molar-refractivity contribution in [3.63, 3.8) is 0 Å². The van der Waals surface area contributed by atoms with Crippen molar-refractivity contribution < 1.29 is 4.79 Å². The van der Waals surface area contributed by atoms with Gasteiger partial charge in [-0.15, -0.1) is 0 Å². The van der Waals surface area contributed by atoms with E-state index in [9.17, 15) is 4.79 Å². The number of amides is 1. The van der Waals surface area contributed by atoms with E-state index in [2.05, 4.69) is 51.8 Å². The largest absolute Gasteiger partial charge is 0.345 e. The maximum atomic E-state index is 11.8. The molecule has 0 unspecified atom stereocenters. The Morgan fingerprint density at radius 2 is 1.94 bits per heavy atom. The Labute approximate surface area is 116 Å². The molecule has 3 nitrogen and oxygen atoms in total. The van der Waals surface area contributed by atoms with Gasteiger partial charge in [0, 0.05) is 30.3 Å². The van der Waals surface area contributed by atoms with Crippen molar-refractivity contribution in [2.45, 2.75) is 13.0 Å². The van der Waals surface area contributed by atoms with Gasteiger partial charge in [0.1, 0.15) is 0 Å². The molecule has 2 rings (SSSR count). The Balaban J connectivity index is 1.98. The van der Waals surface area contributed by atoms with Crippen molar-refractivity contribution >= 4 is 28.5 Å². The van der Waals surface area contributed by atoms with Crippen LogP contribution in [0.4, 0.5) is 0 Å². The highest BCUT2D eigenvalue weighted by Crippen LogP contribution is 2.11. The molecule has 1 saturated heterocycles. The van der Waals surface area contributed by atoms with E-state index in [0.717, 1.165) is 26.1 Å². The van der Waals surface area contributed by atoms with Gasteiger partial charge in [-0.05, 0) is 46.7 Å². The topological polar surface area (TPSA) is 23.6 Å². The lowest BCUT2D eigenvalue weighted by atomic mass is 10.2. The van der Waals surface area contributed by atoms with Crippen molar-refractivity contribution in [2.75, 3.05) is 26.7 Å². The summed E-state index contributed by atoms with van der Waals surface area (Å²) in [5, 5.41) is 0. The van der Waals surface area contributed by atoms with Crippen LogP contribution in [-0.2, 0) is 11.3 Å². The molecule has 1 aliphatic heterocycles. The predicted molar refractivity (Wildman–Crippen MR) is 76.7 cm³/mol. The monoisotopic (exact) mass is 344 g/mol. The molecule has 0 aliphatic carbocycles. The number of carbonyl (C=O) groups is 1. The SMILES string of the molecule is CN1CCCN(Cc2ccc(I)cc2)CC1=O. The van der Waals surface area contributed by atoms with Crippen LogP contribution < -0.4 is 0 Å². The van der Waals surface area contributed by atoms with E-state index < -0.39 is 0 Å². The minimum Gasteiger partial charge on any atom is -0.345 e. The molecule has 1 aromatic carbocycles. The van der Waals surface area contributed by atoms with Crippen LogP contribution in [-0.4, -0.2) is 42.4 Å². The molecule has 1 fully saturated rings. The van der Waals surface area contributed by atoms with Crippen LogP contribution in [0.5, 0.6) is 0 Å². The van der Waals surface area contributed by atoms with E-state index in [1.165, 1.54) is 9.13 Å². The van der Waals surface area contributed by atoms with Gasteiger partial charge in [-0.25, -0.2) is 0 Å². The van der Waals surface area contributed by atoms with E-state index in [1.807, 2.05) is 11.9 Å². The van der Waals surface area contributed by atoms with Crippen molar-refractivity contribution in [3.8, 4) is 0 Å². The van der Waals surface area contributed by atoms with E-state index >= 15 is 0 Å². The molecule has 17 heavy (non-hydrogen) atoms. The van der Waals surface area contributed by atoms with E-state index in [-0.39, 0.29) is 5.91 Å². The van der Waals surface area contributed by atoms with Gasteiger partial charge >= 0.3 is 0 Å². The quantitative estimate of drug-likeness (QED) is 0.766. The normalized spacial score (nSPS) is 18.2. The molecule has 0 bridgehead atoms. The molecular formula is C13H17IN2O. The highest BCUT2D eigenvalue weighted by atomic mass is 127. The van der Waals surface area contributed by atoms with Crippen LogP contribution in [0.3, 0.4) is 0 Å². The molecule has 92 valence electrons. The summed E-state index contributed by atoms with van der Waals surface area (Å²) < 4.78 is 1.25. The third kappa shape index (κ3) is 3.67. The van der Waals surface area contributed by atoms with Crippen LogP contribution in [0.1, 0.15) is 12.0 Å². The number of likely N-dealkylation sites (N-methyl/N-ethyl adjacent to an activating group) is 1. The zero-order valence-electron chi connectivity index (χ0n) is 10.0. The first kappa shape index (κ1) is 12.8. The zero-order valence-corrected chi connectivity index (χ0v) is 12.2. The predicted octanol–water partition coefficient (Wildman–Crippen LogP) is 1.96. The van der Waals surface area contributed by atoms with Gasteiger partial charge in [-0.3, -0.25) is 9.69 Å². The van der Waals surface area contributed by atoms with Gasteiger partial charge in [0.05, 0.1) is 6.54 Å². The lowest BCUT2D eigenvalue weighted by Gasteiger charge is -2.19. The Hall–Kier alpha value is -0.620. The van der Waals surface area contributed by atoms with Crippen LogP contribution in [0.15, 0.2) is 24.3 Å². The molecule has 0 N–H and O–H groups in total. The number of benzene rings is 1. The molecule has 0 radical (unpaired) electrons. The third-order valence-corrected chi connectivity index (χ3v) is 3.79. The van der Waals surface area contributed by atoms with Gasteiger partial charge in [-0.2, -0.15) is 0 Å². The number of hydrogen-bond donors (Lipinski definition) is 0. The minimum absolute atomic E-state index is 0.230. The number of hydrogen-bond acceptors (Lipinski definition) is 2. The van der Waals surface area contributed by atoms with Gasteiger partial charge in [0.15, 0.2) is 0 Å². The summed E-state index contributed by atoms with van der Waals surface area (Å²) in [6, 6.07) is 8.50. The Kier molecular flexibility index (Phi) is 4.39. The van der Waals surface area contributed by atoms with Gasteiger partial charge in [-0.1, -0.05) is 12.1 Å². The average Bonchev–Trinajstić information content (AvgIpc) is 2.45. The highest BCUT2D eigenvalue weighted by Gasteiger charge is 2.18. The standard InChI is InChI=1S/C13H17IN2O/c1-15-7-2-8-16(10-13(15)17)9-11-3-5-12(14)6-4-11/h3-6H,2,7-10H2,1H3. The lowest BCUT2D eigenvalue weighted by Crippen LogP contribution is -2.34. The van der Waals surface area contributed by atoms with Gasteiger partial charge in [0.2, 0.25) is 5.91 Å². The third-order valence-electron chi connectivity index (χ3n) is 3.07. The second-order valence-electron chi connectivity index (χ2n) is 4.51. The Morgan fingerprint density at radius 1 is 1.24 bits per heavy atom. The first-order chi connectivity index (χ1) is 8.15. The van der Waals surface area contributed by atoms with Crippen LogP contribution in [0, 0.1) is 3.57 Å². The molecule has 0 saturated carbocycles. The Morgan fingerprint density at radius 3 is 2.65 bits per heavy atom. The molecule has 4 heteroatoms. The summed E-state index contributed by atoms with van der Waals surface area (Å²) in [4.78, 5) is 15.8. The van der Waals surface area contributed by atoms with E-state index in [4.69, 9.17) is 0 Å². The van der Waals surface area contributed by atoms with Crippen molar-refractivity contribution in [1.82, 2.24) is 9.80 Å². The van der Waals surface area contributed by atoms with Crippen molar-refractivity contribution in [2.24, 2.45) is 0 Å². The molecule has 1 aliphatic rings. The summed E-state index contributed by atoms with van der Waals surface area (Å²) in [5.74, 6) is 0.230. The number of carbonyl (C=O) groups excluding carboxylic acids is 1. The first-order valence-corrected chi connectivity index (χ1v) is 6.94. The van der Waals surface area contributed by atoms with Crippen molar-refractivity contribution in [1.29, 1.82) is 0 Å². The second-order valence-corrected chi connectivity index (χ2v) is 5.75. The van der Waals surface area contributed by atoms with E-state index in [1.54, 1.807) is 0 Å². The maximum Gasteiger partial charge on any atom is 0.236 e. The summed E-state index contributed by atoms with van der Waals surface area (Å²) in [6.07, 6.45) is 1.06. The molecule has 1 heterocycles. The van der Waals surface area contributed by atoms with Crippen LogP contribution >= 0.6 is 22.6 Å². The fraction of sp³-hybridized carbons (Fsp3) is 0.462. The summed E-state index contributed by atoms with van der Waals surface area (Å²) in [5.41, 5.74) is 1.28. The van der Waals surface area contributed by atoms with Gasteiger partial charge in [0.25, 0.3) is 0 Å². The van der Waals surface area contributed by atoms with E-state index in [0.29, 0.717) is 6.54 Å². The summed E-state index contributed by atoms with van der Waals surface area (Å²) in [6.45, 7) is 3.29. The van der Waals surface area contributed by atoms with Crippen LogP contribution in [0.25, 0.3) is 0 Å². The average molecular weight is 344 g/mol. The molecule has 1 amide bonds. The fourth-order valence-corrected chi connectivity index (χ4v) is 2.39. The lowest BCUT2D eigenvalue weighted by molar-refractivity contribution is -0.129. The van der Waals surface area contributed by atoms with Crippen LogP contribution in [0.2, 0.25) is 0 Å².